The monoisotopic (exact) mass is 2000 g/mol. The lowest BCUT2D eigenvalue weighted by Gasteiger charge is -2.40. The van der Waals surface area contributed by atoms with Crippen molar-refractivity contribution in [2.45, 2.75) is 541 Å². The van der Waals surface area contributed by atoms with Crippen LogP contribution in [0.25, 0.3) is 0 Å². The SMILES string of the molecule is CCCCN(C(=O)OC(C)(C)C)C(NC(=O)OC(C)(C)C)C(C)CCCCC(CNC(=O)C1(C2CCCCCCCCCCCCCCCCCCCCCCOON(C(=O)[C@@](O)(C(C)=O)[C@@H](O)[C@H](O)[C@@H](C)O)NC2=O)COON1C(=O)CCCCCCCCCCCCCCCCCCCCCCCN(C(C)=O)C(=O)[C@H](O)[C@@H](O)[C@H](O)[C@@H](C)O)N(CCCCNC(=O)OC(C)(C)C)C(=O)OC(C)(C)C. The Morgan fingerprint density at radius 1 is 0.471 bits per heavy atom. The summed E-state index contributed by atoms with van der Waals surface area (Å²) < 4.78 is 23.4. The predicted molar refractivity (Wildman–Crippen MR) is 534 cm³/mol. The standard InChI is InChI=1S/C104H193N9O27/c1-19-20-71-111(98(131)138-102(16,17)18)90(107-96(129)136-100(10,11)12)77(2)66-60-61-67-82(110(97(130)137-101(13,14)15)73-64-62-70-105-95(128)135-99(7,8)9)75-106-93(126)103(83-68-58-54-50-46-42-38-34-30-26-23-25-29-33-37-41-45-49-53-57-65-74-133-140-113(108-91(83)124)94(127)104(132,80(5)116)89(123)86(120)79(4)115)76-134-139-112(103)84(118)69-59-55-51-47-43-39-35-31-27-22-21-24-28-32-36-40-44-48-52-56-63-72-109(81(6)117)92(125)88(122)87(121)85(119)78(3)114/h77-79,82-83,85-90,114-115,119-123,132H,19-76H2,1-18H3,(H,105,128)(H,106,126)(H,107,129)(H,108,124)/t77?,78-,79-,82?,83?,85-,86-,87+,88-,89+,90?,103?,104-/m1/s1. The van der Waals surface area contributed by atoms with Gasteiger partial charge in [0.1, 0.15) is 59.6 Å². The number of imide groups is 1. The number of nitrogens with one attached hydrogen (secondary N) is 4. The number of aliphatic hydroxyl groups excluding tert-OH is 7. The zero-order valence-corrected chi connectivity index (χ0v) is 89.4. The van der Waals surface area contributed by atoms with Crippen LogP contribution < -0.4 is 21.4 Å². The van der Waals surface area contributed by atoms with Crippen LogP contribution >= 0.6 is 0 Å². The average Bonchev–Trinajstić information content (AvgIpc) is 1.58. The van der Waals surface area contributed by atoms with Crippen molar-refractivity contribution >= 4 is 65.6 Å². The molecular formula is C104H193N9O27. The van der Waals surface area contributed by atoms with Crippen LogP contribution in [-0.4, -0.2) is 266 Å². The third-order valence-corrected chi connectivity index (χ3v) is 25.7. The predicted octanol–water partition coefficient (Wildman–Crippen LogP) is 16.9. The molecule has 0 saturated carbocycles. The van der Waals surface area contributed by atoms with E-state index < -0.39 is 173 Å². The van der Waals surface area contributed by atoms with Crippen LogP contribution in [0.2, 0.25) is 0 Å². The number of nitrogens with zero attached hydrogens (tertiary/aromatic N) is 5. The molecule has 2 aliphatic rings. The zero-order valence-electron chi connectivity index (χ0n) is 89.4. The first-order valence-electron chi connectivity index (χ1n) is 53.6. The third kappa shape index (κ3) is 52.9. The molecule has 0 aromatic carbocycles. The summed E-state index contributed by atoms with van der Waals surface area (Å²) >= 11 is 0. The highest BCUT2D eigenvalue weighted by molar-refractivity contribution is 6.09. The third-order valence-electron chi connectivity index (χ3n) is 25.7. The van der Waals surface area contributed by atoms with Gasteiger partial charge < -0.3 is 80.6 Å². The number of unbranched alkanes of at least 4 members (excludes halogenated alkanes) is 23. The van der Waals surface area contributed by atoms with Gasteiger partial charge in [0.15, 0.2) is 17.4 Å². The van der Waals surface area contributed by atoms with Crippen LogP contribution in [0.5, 0.6) is 0 Å². The fourth-order valence-corrected chi connectivity index (χ4v) is 17.5. The van der Waals surface area contributed by atoms with E-state index in [-0.39, 0.29) is 76.6 Å². The number of ether oxygens (including phenoxy) is 4. The van der Waals surface area contributed by atoms with Crippen LogP contribution in [0.4, 0.5) is 19.2 Å². The molecule has 2 heterocycles. The first-order valence-corrected chi connectivity index (χ1v) is 53.6. The molecular weight excluding hydrogens is 1810 g/mol. The van der Waals surface area contributed by atoms with Gasteiger partial charge in [-0.2, -0.15) is 5.06 Å². The van der Waals surface area contributed by atoms with Crippen molar-refractivity contribution in [3.05, 3.63) is 0 Å². The zero-order chi connectivity index (χ0) is 105. The molecule has 0 bridgehead atoms. The molecule has 0 aliphatic carbocycles. The molecule has 0 spiro atoms. The molecule has 5 unspecified atom stereocenters. The number of ketones is 1. The highest BCUT2D eigenvalue weighted by atomic mass is 17.3. The topological polar surface area (TPSA) is 488 Å². The van der Waals surface area contributed by atoms with Gasteiger partial charge in [-0.05, 0) is 168 Å². The highest BCUT2D eigenvalue weighted by Crippen LogP contribution is 2.39. The smallest absolute Gasteiger partial charge is 0.411 e. The molecule has 140 heavy (non-hydrogen) atoms. The molecule has 2 fully saturated rings. The molecule has 0 aromatic heterocycles. The summed E-state index contributed by atoms with van der Waals surface area (Å²) in [6.07, 6.45) is 23.9. The van der Waals surface area contributed by atoms with Gasteiger partial charge in [0.2, 0.25) is 23.3 Å². The quantitative estimate of drug-likeness (QED) is 0.00884. The van der Waals surface area contributed by atoms with Gasteiger partial charge in [-0.15, -0.1) is 4.99 Å². The summed E-state index contributed by atoms with van der Waals surface area (Å²) in [5, 5.41) is 94.8. The van der Waals surface area contributed by atoms with Crippen molar-refractivity contribution in [1.29, 1.82) is 0 Å². The molecule has 36 nitrogen and oxygen atoms in total. The Hall–Kier alpha value is -6.71. The van der Waals surface area contributed by atoms with E-state index in [9.17, 15) is 69.6 Å². The van der Waals surface area contributed by atoms with Gasteiger partial charge in [-0.3, -0.25) is 43.4 Å². The van der Waals surface area contributed by atoms with Crippen LogP contribution in [0.15, 0.2) is 0 Å². The number of hydroxylamine groups is 3. The summed E-state index contributed by atoms with van der Waals surface area (Å²) in [6.45, 7) is 28.0. The van der Waals surface area contributed by atoms with Gasteiger partial charge in [0.25, 0.3) is 11.8 Å². The lowest BCUT2D eigenvalue weighted by atomic mass is 9.78. The molecule has 816 valence electrons. The van der Waals surface area contributed by atoms with Crippen molar-refractivity contribution in [1.82, 2.24) is 46.3 Å². The summed E-state index contributed by atoms with van der Waals surface area (Å²) in [7, 11) is 0. The Kier molecular flexibility index (Phi) is 64.8. The second kappa shape index (κ2) is 70.2. The summed E-state index contributed by atoms with van der Waals surface area (Å²) in [4.78, 5) is 185. The maximum Gasteiger partial charge on any atom is 0.411 e. The van der Waals surface area contributed by atoms with Crippen LogP contribution in [0, 0.1) is 11.8 Å². The highest BCUT2D eigenvalue weighted by Gasteiger charge is 2.62. The Bertz CT molecular complexity index is 3480. The van der Waals surface area contributed by atoms with Crippen LogP contribution in [0.1, 0.15) is 452 Å². The number of aliphatic hydroxyl groups is 8. The molecule has 12 N–H and O–H groups in total. The Labute approximate surface area is 838 Å². The Morgan fingerprint density at radius 2 is 0.886 bits per heavy atom. The van der Waals surface area contributed by atoms with Crippen molar-refractivity contribution in [3.63, 3.8) is 0 Å². The van der Waals surface area contributed by atoms with E-state index in [1.807, 2.05) is 13.8 Å². The van der Waals surface area contributed by atoms with Crippen LogP contribution in [-0.2, 0) is 72.3 Å². The normalized spacial score (nSPS) is 19.4. The fraction of sp³-hybridized carbons (Fsp3) is 0.894. The Balaban J connectivity index is 2.74. The van der Waals surface area contributed by atoms with Gasteiger partial charge in [-0.1, -0.05) is 287 Å². The first-order chi connectivity index (χ1) is 66.0. The maximum absolute atomic E-state index is 16.6. The number of alkyl carbamates (subject to hydrolysis) is 2. The number of hydrogen-bond donors (Lipinski definition) is 12. The molecule has 2 saturated heterocycles. The minimum absolute atomic E-state index is 0.00205. The Morgan fingerprint density at radius 3 is 1.33 bits per heavy atom. The largest absolute Gasteiger partial charge is 0.444 e. The lowest BCUT2D eigenvalue weighted by molar-refractivity contribution is -0.425. The number of rotatable bonds is 54. The minimum atomic E-state index is -3.65. The second-order valence-electron chi connectivity index (χ2n) is 43.2. The summed E-state index contributed by atoms with van der Waals surface area (Å²) in [5.41, 5.74) is -7.45. The number of carbonyl (C=O) groups is 11. The van der Waals surface area contributed by atoms with Crippen molar-refractivity contribution in [2.24, 2.45) is 11.8 Å². The molecule has 0 radical (unpaired) electrons. The van der Waals surface area contributed by atoms with E-state index in [1.54, 1.807) is 83.1 Å². The van der Waals surface area contributed by atoms with E-state index in [2.05, 4.69) is 21.4 Å². The first kappa shape index (κ1) is 129. The lowest BCUT2D eigenvalue weighted by Crippen LogP contribution is -2.69. The molecule has 2 rings (SSSR count). The maximum atomic E-state index is 16.6. The molecule has 13 atom stereocenters. The van der Waals surface area contributed by atoms with Gasteiger partial charge in [0, 0.05) is 46.1 Å². The second-order valence-corrected chi connectivity index (χ2v) is 43.2. The average molecular weight is 2000 g/mol. The van der Waals surface area contributed by atoms with E-state index >= 15 is 24.0 Å². The van der Waals surface area contributed by atoms with Gasteiger partial charge in [0.05, 0.1) is 30.8 Å². The summed E-state index contributed by atoms with van der Waals surface area (Å²) in [6, 6.07) is -0.963. The number of amides is 10. The van der Waals surface area contributed by atoms with E-state index in [0.717, 1.165) is 184 Å². The molecule has 2 aliphatic heterocycles. The van der Waals surface area contributed by atoms with Crippen molar-refractivity contribution in [2.75, 3.05) is 45.9 Å². The molecule has 0 aromatic rings. The number of hydrazine groups is 1. The molecule has 10 amide bonds. The van der Waals surface area contributed by atoms with Gasteiger partial charge >= 0.3 is 30.3 Å². The van der Waals surface area contributed by atoms with E-state index in [1.165, 1.54) is 75.0 Å². The van der Waals surface area contributed by atoms with Gasteiger partial charge in [-0.25, -0.2) is 34.4 Å². The van der Waals surface area contributed by atoms with Crippen molar-refractivity contribution in [3.8, 4) is 0 Å². The van der Waals surface area contributed by atoms with Crippen molar-refractivity contribution < 1.29 is 132 Å². The van der Waals surface area contributed by atoms with E-state index in [0.29, 0.717) is 83.5 Å². The van der Waals surface area contributed by atoms with E-state index in [4.69, 9.17) is 38.7 Å². The minimum Gasteiger partial charge on any atom is -0.444 e. The van der Waals surface area contributed by atoms with Crippen LogP contribution in [0.3, 0.4) is 0 Å². The number of carbonyl (C=O) groups excluding carboxylic acids is 11. The molecule has 36 heteroatoms. The summed E-state index contributed by atoms with van der Waals surface area (Å²) in [5.74, 6) is -10.2. The number of Topliss-reactive ketones (excluding diaryl/α,β-unsaturated/α-hetero) is 1. The fourth-order valence-electron chi connectivity index (χ4n) is 17.5. The number of hydrogen-bond acceptors (Lipinski definition) is 27.